The first kappa shape index (κ1) is 23.7. The number of carbonyl (C=O) groups is 1. The van der Waals surface area contributed by atoms with Crippen LogP contribution < -0.4 is 4.90 Å². The number of hydrogen-bond acceptors (Lipinski definition) is 5. The van der Waals surface area contributed by atoms with Gasteiger partial charge in [-0.3, -0.25) is 4.79 Å². The van der Waals surface area contributed by atoms with Crippen LogP contribution in [0.3, 0.4) is 0 Å². The van der Waals surface area contributed by atoms with Crippen LogP contribution in [0.5, 0.6) is 0 Å². The topological polar surface area (TPSA) is 49.3 Å². The molecule has 2 aromatic heterocycles. The van der Waals surface area contributed by atoms with Gasteiger partial charge in [0, 0.05) is 43.9 Å². The van der Waals surface area contributed by atoms with Crippen molar-refractivity contribution < 1.29 is 4.79 Å². The number of aryl methyl sites for hydroxylation is 4. The predicted molar refractivity (Wildman–Crippen MR) is 138 cm³/mol. The predicted octanol–water partition coefficient (Wildman–Crippen LogP) is 5.71. The summed E-state index contributed by atoms with van der Waals surface area (Å²) in [6.45, 7) is 9.78. The Morgan fingerprint density at radius 3 is 2.45 bits per heavy atom. The molecule has 1 fully saturated rings. The Labute approximate surface area is 201 Å². The van der Waals surface area contributed by atoms with Crippen LogP contribution in [-0.4, -0.2) is 47.0 Å². The van der Waals surface area contributed by atoms with Crippen molar-refractivity contribution in [2.45, 2.75) is 65.7 Å². The molecule has 0 N–H and O–H groups in total. The van der Waals surface area contributed by atoms with E-state index in [0.717, 1.165) is 68.3 Å². The van der Waals surface area contributed by atoms with Gasteiger partial charge < -0.3 is 9.80 Å². The zero-order valence-electron chi connectivity index (χ0n) is 20.3. The maximum atomic E-state index is 12.6. The highest BCUT2D eigenvalue weighted by atomic mass is 32.1. The van der Waals surface area contributed by atoms with E-state index in [9.17, 15) is 4.79 Å². The average molecular weight is 465 g/mol. The largest absolute Gasteiger partial charge is 0.352 e. The first-order chi connectivity index (χ1) is 16.1. The molecule has 3 heterocycles. The SMILES string of the molecule is CCCCCCC(=O)N1CCN(c2nc(CCc3ccccc3)nc3sc(C)c(C)c23)CC1. The number of aromatic nitrogens is 2. The molecule has 1 aliphatic heterocycles. The number of unbranched alkanes of at least 4 members (excludes halogenated alkanes) is 3. The van der Waals surface area contributed by atoms with Gasteiger partial charge in [-0.05, 0) is 37.8 Å². The van der Waals surface area contributed by atoms with Crippen LogP contribution in [0.4, 0.5) is 5.82 Å². The summed E-state index contributed by atoms with van der Waals surface area (Å²) in [5.74, 6) is 2.28. The number of rotatable bonds is 9. The molecule has 1 saturated heterocycles. The molecule has 5 nitrogen and oxygen atoms in total. The molecule has 0 bridgehead atoms. The Morgan fingerprint density at radius 1 is 0.970 bits per heavy atom. The summed E-state index contributed by atoms with van der Waals surface area (Å²) >= 11 is 1.77. The lowest BCUT2D eigenvalue weighted by Gasteiger charge is -2.36. The van der Waals surface area contributed by atoms with Gasteiger partial charge in [0.1, 0.15) is 16.5 Å². The van der Waals surface area contributed by atoms with E-state index < -0.39 is 0 Å². The van der Waals surface area contributed by atoms with E-state index >= 15 is 0 Å². The molecule has 0 atom stereocenters. The van der Waals surface area contributed by atoms with Gasteiger partial charge in [0.25, 0.3) is 0 Å². The summed E-state index contributed by atoms with van der Waals surface area (Å²) < 4.78 is 0. The molecule has 0 spiro atoms. The van der Waals surface area contributed by atoms with E-state index in [-0.39, 0.29) is 0 Å². The Bertz CT molecular complexity index is 1070. The molecule has 4 rings (SSSR count). The molecular weight excluding hydrogens is 428 g/mol. The molecule has 6 heteroatoms. The number of fused-ring (bicyclic) bond motifs is 1. The van der Waals surface area contributed by atoms with E-state index in [1.807, 2.05) is 4.90 Å². The van der Waals surface area contributed by atoms with Gasteiger partial charge in [-0.2, -0.15) is 0 Å². The molecular formula is C27H36N4OS. The number of hydrogen-bond donors (Lipinski definition) is 0. The monoisotopic (exact) mass is 464 g/mol. The number of benzene rings is 1. The minimum atomic E-state index is 0.310. The van der Waals surface area contributed by atoms with Crippen LogP contribution in [0.15, 0.2) is 30.3 Å². The lowest BCUT2D eigenvalue weighted by atomic mass is 10.1. The fourth-order valence-electron chi connectivity index (χ4n) is 4.54. The Kier molecular flexibility index (Phi) is 7.97. The fraction of sp³-hybridized carbons (Fsp3) is 0.519. The molecule has 3 aromatic rings. The summed E-state index contributed by atoms with van der Waals surface area (Å²) in [7, 11) is 0. The second-order valence-corrected chi connectivity index (χ2v) is 10.3. The molecule has 33 heavy (non-hydrogen) atoms. The molecule has 1 aliphatic rings. The highest BCUT2D eigenvalue weighted by Gasteiger charge is 2.25. The van der Waals surface area contributed by atoms with Gasteiger partial charge in [-0.15, -0.1) is 11.3 Å². The summed E-state index contributed by atoms with van der Waals surface area (Å²) in [6.07, 6.45) is 7.05. The number of anilines is 1. The van der Waals surface area contributed by atoms with Crippen LogP contribution in [0.25, 0.3) is 10.2 Å². The van der Waals surface area contributed by atoms with Crippen molar-refractivity contribution in [3.63, 3.8) is 0 Å². The molecule has 0 radical (unpaired) electrons. The first-order valence-electron chi connectivity index (χ1n) is 12.4. The van der Waals surface area contributed by atoms with Crippen LogP contribution in [-0.2, 0) is 17.6 Å². The third kappa shape index (κ3) is 5.72. The van der Waals surface area contributed by atoms with E-state index in [4.69, 9.17) is 9.97 Å². The molecule has 1 amide bonds. The van der Waals surface area contributed by atoms with E-state index in [1.54, 1.807) is 11.3 Å². The maximum absolute atomic E-state index is 12.6. The van der Waals surface area contributed by atoms with Crippen molar-refractivity contribution in [3.8, 4) is 0 Å². The number of nitrogens with zero attached hydrogens (tertiary/aromatic N) is 4. The minimum Gasteiger partial charge on any atom is -0.352 e. The first-order valence-corrected chi connectivity index (χ1v) is 13.2. The van der Waals surface area contributed by atoms with Crippen molar-refractivity contribution >= 4 is 33.3 Å². The normalized spacial score (nSPS) is 14.3. The third-order valence-electron chi connectivity index (χ3n) is 6.71. The fourth-order valence-corrected chi connectivity index (χ4v) is 5.58. The molecule has 176 valence electrons. The zero-order chi connectivity index (χ0) is 23.2. The van der Waals surface area contributed by atoms with Crippen molar-refractivity contribution in [2.75, 3.05) is 31.1 Å². The highest BCUT2D eigenvalue weighted by molar-refractivity contribution is 7.18. The van der Waals surface area contributed by atoms with E-state index in [0.29, 0.717) is 12.3 Å². The lowest BCUT2D eigenvalue weighted by molar-refractivity contribution is -0.131. The Hall–Kier alpha value is -2.47. The van der Waals surface area contributed by atoms with E-state index in [1.165, 1.54) is 34.2 Å². The number of thiophene rings is 1. The second-order valence-electron chi connectivity index (χ2n) is 9.09. The van der Waals surface area contributed by atoms with Gasteiger partial charge in [0.15, 0.2) is 0 Å². The third-order valence-corrected chi connectivity index (χ3v) is 7.81. The molecule has 0 unspecified atom stereocenters. The van der Waals surface area contributed by atoms with Gasteiger partial charge in [-0.25, -0.2) is 9.97 Å². The Balaban J connectivity index is 1.48. The van der Waals surface area contributed by atoms with Crippen LogP contribution in [0, 0.1) is 13.8 Å². The maximum Gasteiger partial charge on any atom is 0.222 e. The number of amides is 1. The van der Waals surface area contributed by atoms with Crippen LogP contribution in [0.2, 0.25) is 0 Å². The Morgan fingerprint density at radius 2 is 1.73 bits per heavy atom. The van der Waals surface area contributed by atoms with Crippen molar-refractivity contribution in [1.82, 2.24) is 14.9 Å². The standard InChI is InChI=1S/C27H36N4OS/c1-4-5-6-10-13-24(32)30-16-18-31(19-17-30)26-25-20(2)21(3)33-27(25)29-23(28-26)15-14-22-11-8-7-9-12-22/h7-9,11-12H,4-6,10,13-19H2,1-3H3. The zero-order valence-corrected chi connectivity index (χ0v) is 21.1. The highest BCUT2D eigenvalue weighted by Crippen LogP contribution is 2.35. The van der Waals surface area contributed by atoms with Gasteiger partial charge in [0.2, 0.25) is 5.91 Å². The summed E-state index contributed by atoms with van der Waals surface area (Å²) in [5.41, 5.74) is 2.60. The summed E-state index contributed by atoms with van der Waals surface area (Å²) in [6, 6.07) is 10.6. The summed E-state index contributed by atoms with van der Waals surface area (Å²) in [4.78, 5) is 29.5. The molecule has 1 aromatic carbocycles. The minimum absolute atomic E-state index is 0.310. The number of carbonyl (C=O) groups excluding carboxylic acids is 1. The number of piperazine rings is 1. The smallest absolute Gasteiger partial charge is 0.222 e. The van der Waals surface area contributed by atoms with Crippen molar-refractivity contribution in [2.24, 2.45) is 0 Å². The van der Waals surface area contributed by atoms with Crippen molar-refractivity contribution in [3.05, 3.63) is 52.2 Å². The second kappa shape index (κ2) is 11.1. The van der Waals surface area contributed by atoms with Gasteiger partial charge in [-0.1, -0.05) is 56.5 Å². The van der Waals surface area contributed by atoms with Crippen LogP contribution >= 0.6 is 11.3 Å². The molecule has 0 aliphatic carbocycles. The summed E-state index contributed by atoms with van der Waals surface area (Å²) in [5, 5.41) is 1.19. The lowest BCUT2D eigenvalue weighted by Crippen LogP contribution is -2.49. The average Bonchev–Trinajstić information content (AvgIpc) is 3.14. The quantitative estimate of drug-likeness (QED) is 0.381. The van der Waals surface area contributed by atoms with E-state index in [2.05, 4.69) is 56.0 Å². The molecule has 0 saturated carbocycles. The van der Waals surface area contributed by atoms with Gasteiger partial charge in [0.05, 0.1) is 5.39 Å². The van der Waals surface area contributed by atoms with Crippen molar-refractivity contribution in [1.29, 1.82) is 0 Å². The van der Waals surface area contributed by atoms with Crippen LogP contribution in [0.1, 0.15) is 60.9 Å². The van der Waals surface area contributed by atoms with Gasteiger partial charge >= 0.3 is 0 Å².